The SMILES string of the molecule is CCOC(=O)c1cc(C)n(CCc2cc(Cl)ccc2OCc2ccc(Cl)cc2F)n1. The maximum absolute atomic E-state index is 14.0. The molecule has 0 bridgehead atoms. The molecule has 30 heavy (non-hydrogen) atoms. The molecule has 2 aromatic carbocycles. The highest BCUT2D eigenvalue weighted by molar-refractivity contribution is 6.30. The number of halogens is 3. The topological polar surface area (TPSA) is 53.4 Å². The molecule has 0 N–H and O–H groups in total. The molecule has 0 amide bonds. The monoisotopic (exact) mass is 450 g/mol. The van der Waals surface area contributed by atoms with Gasteiger partial charge in [-0.25, -0.2) is 9.18 Å². The van der Waals surface area contributed by atoms with Gasteiger partial charge >= 0.3 is 5.97 Å². The van der Waals surface area contributed by atoms with Crippen LogP contribution in [0.25, 0.3) is 0 Å². The van der Waals surface area contributed by atoms with Gasteiger partial charge in [0, 0.05) is 27.8 Å². The molecule has 1 heterocycles. The Kier molecular flexibility index (Phi) is 7.34. The van der Waals surface area contributed by atoms with Crippen LogP contribution in [-0.2, 0) is 24.3 Å². The molecule has 0 aliphatic carbocycles. The number of ether oxygens (including phenoxy) is 2. The number of carbonyl (C=O) groups is 1. The van der Waals surface area contributed by atoms with Crippen molar-refractivity contribution >= 4 is 29.2 Å². The zero-order chi connectivity index (χ0) is 21.7. The molecule has 0 fully saturated rings. The molecule has 0 radical (unpaired) electrons. The minimum absolute atomic E-state index is 0.0610. The molecule has 0 spiro atoms. The van der Waals surface area contributed by atoms with Crippen LogP contribution in [0.5, 0.6) is 5.75 Å². The van der Waals surface area contributed by atoms with E-state index in [1.165, 1.54) is 6.07 Å². The highest BCUT2D eigenvalue weighted by Gasteiger charge is 2.14. The summed E-state index contributed by atoms with van der Waals surface area (Å²) in [7, 11) is 0. The standard InChI is InChI=1S/C22H21Cl2FN2O3/c1-3-29-22(28)20-10-14(2)27(26-20)9-8-15-11-17(23)6-7-21(15)30-13-16-4-5-18(24)12-19(16)25/h4-7,10-12H,3,8-9,13H2,1-2H3. The summed E-state index contributed by atoms with van der Waals surface area (Å²) >= 11 is 12.0. The number of carbonyl (C=O) groups excluding carboxylic acids is 1. The molecule has 0 aliphatic heterocycles. The zero-order valence-corrected chi connectivity index (χ0v) is 18.1. The Bertz CT molecular complexity index is 1050. The van der Waals surface area contributed by atoms with E-state index in [-0.39, 0.29) is 12.3 Å². The first-order valence-corrected chi connectivity index (χ1v) is 10.2. The van der Waals surface area contributed by atoms with Gasteiger partial charge in [-0.1, -0.05) is 29.3 Å². The number of aryl methyl sites for hydroxylation is 3. The van der Waals surface area contributed by atoms with Crippen LogP contribution in [0.1, 0.15) is 34.2 Å². The van der Waals surface area contributed by atoms with Gasteiger partial charge in [-0.3, -0.25) is 4.68 Å². The summed E-state index contributed by atoms with van der Waals surface area (Å²) in [6, 6.07) is 11.4. The van der Waals surface area contributed by atoms with E-state index in [0.29, 0.717) is 40.9 Å². The van der Waals surface area contributed by atoms with Crippen LogP contribution in [0.3, 0.4) is 0 Å². The third-order valence-electron chi connectivity index (χ3n) is 4.48. The van der Waals surface area contributed by atoms with Crippen molar-refractivity contribution in [2.75, 3.05) is 6.61 Å². The molecule has 3 rings (SSSR count). The summed E-state index contributed by atoms with van der Waals surface area (Å²) in [4.78, 5) is 11.9. The first-order valence-electron chi connectivity index (χ1n) is 9.44. The van der Waals surface area contributed by atoms with Crippen LogP contribution in [0.15, 0.2) is 42.5 Å². The molecule has 0 unspecified atom stereocenters. The van der Waals surface area contributed by atoms with Crippen molar-refractivity contribution in [1.82, 2.24) is 9.78 Å². The smallest absolute Gasteiger partial charge is 0.358 e. The van der Waals surface area contributed by atoms with E-state index in [1.54, 1.807) is 48.0 Å². The van der Waals surface area contributed by atoms with Crippen LogP contribution in [0, 0.1) is 12.7 Å². The largest absolute Gasteiger partial charge is 0.489 e. The number of esters is 1. The van der Waals surface area contributed by atoms with Crippen LogP contribution in [-0.4, -0.2) is 22.4 Å². The second kappa shape index (κ2) is 9.96. The molecule has 0 saturated heterocycles. The predicted molar refractivity (Wildman–Crippen MR) is 114 cm³/mol. The van der Waals surface area contributed by atoms with E-state index in [0.717, 1.165) is 11.3 Å². The summed E-state index contributed by atoms with van der Waals surface area (Å²) in [5, 5.41) is 5.22. The Morgan fingerprint density at radius 3 is 2.57 bits per heavy atom. The van der Waals surface area contributed by atoms with Crippen molar-refractivity contribution in [2.45, 2.75) is 33.4 Å². The number of aromatic nitrogens is 2. The number of nitrogens with zero attached hydrogens (tertiary/aromatic N) is 2. The molecule has 0 aliphatic rings. The van der Waals surface area contributed by atoms with Crippen LogP contribution in [0.4, 0.5) is 4.39 Å². The summed E-state index contributed by atoms with van der Waals surface area (Å²) in [5.41, 5.74) is 2.37. The van der Waals surface area contributed by atoms with Gasteiger partial charge in [0.05, 0.1) is 6.61 Å². The molecule has 158 valence electrons. The van der Waals surface area contributed by atoms with Gasteiger partial charge in [0.25, 0.3) is 0 Å². The van der Waals surface area contributed by atoms with E-state index in [9.17, 15) is 9.18 Å². The minimum Gasteiger partial charge on any atom is -0.489 e. The van der Waals surface area contributed by atoms with Gasteiger partial charge in [0.2, 0.25) is 0 Å². The Morgan fingerprint density at radius 1 is 1.10 bits per heavy atom. The molecule has 8 heteroatoms. The number of hydrogen-bond donors (Lipinski definition) is 0. The highest BCUT2D eigenvalue weighted by Crippen LogP contribution is 2.26. The molecular formula is C22H21Cl2FN2O3. The minimum atomic E-state index is -0.448. The van der Waals surface area contributed by atoms with Gasteiger partial charge in [0.1, 0.15) is 18.2 Å². The highest BCUT2D eigenvalue weighted by atomic mass is 35.5. The normalized spacial score (nSPS) is 10.8. The van der Waals surface area contributed by atoms with Crippen LogP contribution in [0.2, 0.25) is 10.0 Å². The zero-order valence-electron chi connectivity index (χ0n) is 16.6. The van der Waals surface area contributed by atoms with Crippen LogP contribution < -0.4 is 4.74 Å². The first kappa shape index (κ1) is 22.1. The Morgan fingerprint density at radius 2 is 1.83 bits per heavy atom. The summed E-state index contributed by atoms with van der Waals surface area (Å²) in [5.74, 6) is -0.267. The molecule has 3 aromatic rings. The summed E-state index contributed by atoms with van der Waals surface area (Å²) in [6.45, 7) is 4.48. The third-order valence-corrected chi connectivity index (χ3v) is 4.95. The van der Waals surface area contributed by atoms with Crippen molar-refractivity contribution in [1.29, 1.82) is 0 Å². The quantitative estimate of drug-likeness (QED) is 0.417. The Hall–Kier alpha value is -2.57. The second-order valence-electron chi connectivity index (χ2n) is 6.64. The lowest BCUT2D eigenvalue weighted by molar-refractivity contribution is 0.0518. The van der Waals surface area contributed by atoms with E-state index in [1.807, 2.05) is 6.92 Å². The van der Waals surface area contributed by atoms with Crippen molar-refractivity contribution in [3.63, 3.8) is 0 Å². The van der Waals surface area contributed by atoms with E-state index >= 15 is 0 Å². The maximum Gasteiger partial charge on any atom is 0.358 e. The van der Waals surface area contributed by atoms with Crippen molar-refractivity contribution in [3.8, 4) is 5.75 Å². The van der Waals surface area contributed by atoms with Gasteiger partial charge in [-0.2, -0.15) is 5.10 Å². The number of benzene rings is 2. The lowest BCUT2D eigenvalue weighted by Gasteiger charge is -2.13. The molecule has 0 saturated carbocycles. The number of hydrogen-bond acceptors (Lipinski definition) is 4. The third kappa shape index (κ3) is 5.52. The molecular weight excluding hydrogens is 430 g/mol. The van der Waals surface area contributed by atoms with E-state index in [2.05, 4.69) is 5.10 Å². The lowest BCUT2D eigenvalue weighted by atomic mass is 10.1. The summed E-state index contributed by atoms with van der Waals surface area (Å²) < 4.78 is 26.6. The predicted octanol–water partition coefficient (Wildman–Crippen LogP) is 5.64. The van der Waals surface area contributed by atoms with Crippen molar-refractivity contribution in [3.05, 3.63) is 80.8 Å². The molecule has 1 aromatic heterocycles. The fraction of sp³-hybridized carbons (Fsp3) is 0.273. The Labute approximate surface area is 184 Å². The van der Waals surface area contributed by atoms with Gasteiger partial charge < -0.3 is 9.47 Å². The average molecular weight is 451 g/mol. The molecule has 5 nitrogen and oxygen atoms in total. The van der Waals surface area contributed by atoms with E-state index in [4.69, 9.17) is 32.7 Å². The van der Waals surface area contributed by atoms with Gasteiger partial charge in [-0.05, 0) is 62.2 Å². The Balaban J connectivity index is 1.72. The average Bonchev–Trinajstić information content (AvgIpc) is 3.08. The van der Waals surface area contributed by atoms with Gasteiger partial charge in [0.15, 0.2) is 5.69 Å². The first-order chi connectivity index (χ1) is 14.4. The summed E-state index contributed by atoms with van der Waals surface area (Å²) in [6.07, 6.45) is 0.559. The maximum atomic E-state index is 14.0. The van der Waals surface area contributed by atoms with Crippen molar-refractivity contribution in [2.24, 2.45) is 0 Å². The van der Waals surface area contributed by atoms with Crippen molar-refractivity contribution < 1.29 is 18.7 Å². The number of rotatable bonds is 8. The molecule has 0 atom stereocenters. The van der Waals surface area contributed by atoms with E-state index < -0.39 is 11.8 Å². The fourth-order valence-corrected chi connectivity index (χ4v) is 3.30. The van der Waals surface area contributed by atoms with Crippen LogP contribution >= 0.6 is 23.2 Å². The lowest BCUT2D eigenvalue weighted by Crippen LogP contribution is -2.09. The second-order valence-corrected chi connectivity index (χ2v) is 7.51. The fourth-order valence-electron chi connectivity index (χ4n) is 2.95. The van der Waals surface area contributed by atoms with Gasteiger partial charge in [-0.15, -0.1) is 0 Å².